The van der Waals surface area contributed by atoms with Crippen LogP contribution in [0.3, 0.4) is 0 Å². The van der Waals surface area contributed by atoms with Gasteiger partial charge in [0, 0.05) is 39.0 Å². The third kappa shape index (κ3) is 5.96. The molecule has 0 radical (unpaired) electrons. The van der Waals surface area contributed by atoms with Crippen molar-refractivity contribution in [2.45, 2.75) is 0 Å². The van der Waals surface area contributed by atoms with Gasteiger partial charge in [0.15, 0.2) is 5.58 Å². The van der Waals surface area contributed by atoms with E-state index in [2.05, 4.69) is 24.3 Å². The van der Waals surface area contributed by atoms with Gasteiger partial charge in [-0.1, -0.05) is 145 Å². The molecule has 0 aliphatic heterocycles. The maximum atomic E-state index is 9.69. The Morgan fingerprint density at radius 2 is 1.07 bits per heavy atom. The molecule has 0 aliphatic carbocycles. The van der Waals surface area contributed by atoms with Gasteiger partial charge in [0.1, 0.15) is 16.7 Å². The van der Waals surface area contributed by atoms with Crippen LogP contribution < -0.4 is 4.90 Å². The highest BCUT2D eigenvalue weighted by Gasteiger charge is 2.20. The number of anilines is 3. The summed E-state index contributed by atoms with van der Waals surface area (Å²) in [5.74, 6) is 0.528. The summed E-state index contributed by atoms with van der Waals surface area (Å²) >= 11 is 0. The molecular weight excluding hydrogens is 745 g/mol. The highest BCUT2D eigenvalue weighted by Crippen LogP contribution is 2.44. The molecule has 0 amide bonds. The average molecular weight is 790 g/mol. The van der Waals surface area contributed by atoms with Gasteiger partial charge in [-0.3, -0.25) is 0 Å². The topological polar surface area (TPSA) is 42.4 Å². The number of nitrogens with zero attached hydrogens (tertiary/aromatic N) is 2. The van der Waals surface area contributed by atoms with Crippen LogP contribution in [0.2, 0.25) is 0 Å². The molecule has 12 rings (SSSR count). The standard InChI is InChI=1S/C57H36N2O2/c1-3-13-37(14-4-1)38-23-28-43(29-24-38)59(42-16-5-2-6-17-42)44-30-25-39(26-31-44)50-35-40-15-7-8-18-46(40)55-51-36-41(27-34-53(51)60-56(50)55)45-32-33-49(48-20-10-9-19-47(45)48)57-58-52-21-11-12-22-54(52)61-57/h1-36H/i2D,5D,6D,16D,17D,25D,26D,30D,31D. The van der Waals surface area contributed by atoms with E-state index in [9.17, 15) is 5.48 Å². The van der Waals surface area contributed by atoms with Crippen molar-refractivity contribution in [1.29, 1.82) is 0 Å². The summed E-state index contributed by atoms with van der Waals surface area (Å²) in [4.78, 5) is 6.03. The number of fused-ring (bicyclic) bond motifs is 7. The van der Waals surface area contributed by atoms with Crippen LogP contribution in [-0.2, 0) is 0 Å². The van der Waals surface area contributed by atoms with E-state index in [4.69, 9.17) is 20.7 Å². The summed E-state index contributed by atoms with van der Waals surface area (Å²) in [6, 6.07) is 47.3. The molecule has 0 bridgehead atoms. The second-order valence-electron chi connectivity index (χ2n) is 14.8. The Morgan fingerprint density at radius 3 is 1.87 bits per heavy atom. The van der Waals surface area contributed by atoms with Crippen LogP contribution in [0, 0.1) is 0 Å². The minimum atomic E-state index is -0.606. The van der Waals surface area contributed by atoms with Gasteiger partial charge < -0.3 is 13.7 Å². The lowest BCUT2D eigenvalue weighted by atomic mass is 9.93. The summed E-state index contributed by atoms with van der Waals surface area (Å²) in [7, 11) is 0. The lowest BCUT2D eigenvalue weighted by Crippen LogP contribution is -2.09. The van der Waals surface area contributed by atoms with Crippen LogP contribution in [0.4, 0.5) is 17.1 Å². The minimum Gasteiger partial charge on any atom is -0.455 e. The molecule has 0 spiro atoms. The SMILES string of the molecule is [2H]c1c([2H])c([2H])c(N(c2ccc(-c3ccccc3)cc2)c2c([2H])c([2H])c(-c3cc4ccccc4c4c3oc3ccc(-c5ccc(-c6nc7ccccc7o6)c6ccccc56)cc34)c([2H])c2[2H])c([2H])c1[2H]. The molecule has 12 aromatic rings. The Hall–Kier alpha value is -8.21. The first-order valence-corrected chi connectivity index (χ1v) is 19.9. The highest BCUT2D eigenvalue weighted by molar-refractivity contribution is 6.23. The molecule has 0 fully saturated rings. The molecule has 4 nitrogen and oxygen atoms in total. The largest absolute Gasteiger partial charge is 0.455 e. The number of para-hydroxylation sites is 3. The Kier molecular flexibility index (Phi) is 6.25. The van der Waals surface area contributed by atoms with Crippen molar-refractivity contribution in [1.82, 2.24) is 4.98 Å². The molecule has 0 unspecified atom stereocenters. The van der Waals surface area contributed by atoms with Crippen molar-refractivity contribution in [3.05, 3.63) is 218 Å². The zero-order valence-corrected chi connectivity index (χ0v) is 32.3. The summed E-state index contributed by atoms with van der Waals surface area (Å²) in [6.45, 7) is 0. The third-order valence-electron chi connectivity index (χ3n) is 11.3. The van der Waals surface area contributed by atoms with E-state index < -0.39 is 54.4 Å². The predicted octanol–water partition coefficient (Wildman–Crippen LogP) is 16.2. The number of hydrogen-bond donors (Lipinski definition) is 0. The number of aromatic nitrogens is 1. The maximum Gasteiger partial charge on any atom is 0.227 e. The number of rotatable bonds is 7. The molecule has 0 aliphatic rings. The molecular formula is C57H36N2O2. The monoisotopic (exact) mass is 789 g/mol. The van der Waals surface area contributed by atoms with E-state index in [0.717, 1.165) is 65.7 Å². The van der Waals surface area contributed by atoms with Gasteiger partial charge in [-0.2, -0.15) is 0 Å². The second kappa shape index (κ2) is 14.3. The van der Waals surface area contributed by atoms with Crippen molar-refractivity contribution < 1.29 is 21.2 Å². The zero-order chi connectivity index (χ0) is 48.1. The number of benzene rings is 10. The number of hydrogen-bond acceptors (Lipinski definition) is 4. The van der Waals surface area contributed by atoms with E-state index >= 15 is 0 Å². The van der Waals surface area contributed by atoms with Crippen molar-refractivity contribution >= 4 is 71.6 Å². The number of furan rings is 1. The van der Waals surface area contributed by atoms with Gasteiger partial charge in [-0.15, -0.1) is 0 Å². The lowest BCUT2D eigenvalue weighted by Gasteiger charge is -2.26. The molecule has 0 N–H and O–H groups in total. The summed E-state index contributed by atoms with van der Waals surface area (Å²) in [5, 5.41) is 5.14. The molecule has 2 heterocycles. The quantitative estimate of drug-likeness (QED) is 0.161. The third-order valence-corrected chi connectivity index (χ3v) is 11.3. The molecule has 0 atom stereocenters. The second-order valence-corrected chi connectivity index (χ2v) is 14.8. The number of oxazole rings is 1. The van der Waals surface area contributed by atoms with E-state index in [1.807, 2.05) is 115 Å². The Morgan fingerprint density at radius 1 is 0.410 bits per heavy atom. The van der Waals surface area contributed by atoms with Crippen molar-refractivity contribution in [2.24, 2.45) is 0 Å². The van der Waals surface area contributed by atoms with Crippen LogP contribution in [-0.4, -0.2) is 4.98 Å². The van der Waals surface area contributed by atoms with Crippen LogP contribution in [0.15, 0.2) is 227 Å². The predicted molar refractivity (Wildman–Crippen MR) is 253 cm³/mol. The molecule has 0 saturated carbocycles. The fourth-order valence-electron chi connectivity index (χ4n) is 8.42. The Bertz CT molecular complexity index is 4040. The van der Waals surface area contributed by atoms with E-state index in [-0.39, 0.29) is 22.6 Å². The normalized spacial score (nSPS) is 13.7. The lowest BCUT2D eigenvalue weighted by molar-refractivity contribution is 0.620. The first-order valence-electron chi connectivity index (χ1n) is 24.4. The minimum absolute atomic E-state index is 0.0185. The van der Waals surface area contributed by atoms with Crippen molar-refractivity contribution in [3.63, 3.8) is 0 Å². The summed E-state index contributed by atoms with van der Waals surface area (Å²) in [6.07, 6.45) is 0. The van der Waals surface area contributed by atoms with E-state index in [0.29, 0.717) is 28.2 Å². The molecule has 2 aromatic heterocycles. The summed E-state index contributed by atoms with van der Waals surface area (Å²) in [5.41, 5.74) is 6.90. The van der Waals surface area contributed by atoms with Gasteiger partial charge in [-0.25, -0.2) is 4.98 Å². The molecule has 286 valence electrons. The Labute approximate surface area is 364 Å². The van der Waals surface area contributed by atoms with Crippen LogP contribution in [0.5, 0.6) is 0 Å². The van der Waals surface area contributed by atoms with Gasteiger partial charge in [-0.05, 0) is 122 Å². The van der Waals surface area contributed by atoms with Gasteiger partial charge in [0.25, 0.3) is 0 Å². The maximum absolute atomic E-state index is 9.69. The highest BCUT2D eigenvalue weighted by atomic mass is 16.3. The summed E-state index contributed by atoms with van der Waals surface area (Å²) < 4.78 is 95.1. The average Bonchev–Trinajstić information content (AvgIpc) is 4.01. The van der Waals surface area contributed by atoms with E-state index in [1.165, 1.54) is 4.90 Å². The molecule has 10 aromatic carbocycles. The first kappa shape index (κ1) is 26.7. The van der Waals surface area contributed by atoms with Crippen molar-refractivity contribution in [2.75, 3.05) is 4.90 Å². The molecule has 61 heavy (non-hydrogen) atoms. The fraction of sp³-hybridized carbons (Fsp3) is 0. The molecule has 0 saturated heterocycles. The van der Waals surface area contributed by atoms with Crippen LogP contribution in [0.1, 0.15) is 12.3 Å². The first-order chi connectivity index (χ1) is 34.0. The smallest absolute Gasteiger partial charge is 0.227 e. The van der Waals surface area contributed by atoms with Crippen LogP contribution in [0.25, 0.3) is 99.4 Å². The zero-order valence-electron chi connectivity index (χ0n) is 41.3. The van der Waals surface area contributed by atoms with Gasteiger partial charge in [0.2, 0.25) is 5.89 Å². The molecule has 4 heteroatoms. The van der Waals surface area contributed by atoms with Crippen molar-refractivity contribution in [3.8, 4) is 44.8 Å². The van der Waals surface area contributed by atoms with E-state index in [1.54, 1.807) is 24.3 Å². The van der Waals surface area contributed by atoms with Gasteiger partial charge >= 0.3 is 0 Å². The fourth-order valence-corrected chi connectivity index (χ4v) is 8.42. The van der Waals surface area contributed by atoms with Gasteiger partial charge in [0.05, 0.1) is 12.3 Å². The Balaban J connectivity index is 1.05. The van der Waals surface area contributed by atoms with Crippen LogP contribution >= 0.6 is 0 Å².